The first kappa shape index (κ1) is 19.2. The molecule has 0 radical (unpaired) electrons. The lowest BCUT2D eigenvalue weighted by atomic mass is 9.90. The highest BCUT2D eigenvalue weighted by Crippen LogP contribution is 2.31. The molecule has 1 aliphatic rings. The number of anilines is 1. The minimum absolute atomic E-state index is 0.121. The third kappa shape index (κ3) is 4.16. The summed E-state index contributed by atoms with van der Waals surface area (Å²) in [6.07, 6.45) is 3.99. The fourth-order valence-corrected chi connectivity index (χ4v) is 4.08. The molecule has 1 atom stereocenters. The molecule has 4 nitrogen and oxygen atoms in total. The van der Waals surface area contributed by atoms with Gasteiger partial charge in [0, 0.05) is 44.9 Å². The summed E-state index contributed by atoms with van der Waals surface area (Å²) in [6.45, 7) is 1.56. The van der Waals surface area contributed by atoms with Gasteiger partial charge in [-0.3, -0.25) is 4.79 Å². The van der Waals surface area contributed by atoms with Crippen molar-refractivity contribution in [2.75, 3.05) is 32.1 Å². The molecular formula is C25H27N3O. The molecule has 4 heteroatoms. The maximum Gasteiger partial charge on any atom is 0.254 e. The van der Waals surface area contributed by atoms with Crippen molar-refractivity contribution in [1.82, 2.24) is 9.88 Å². The van der Waals surface area contributed by atoms with Crippen LogP contribution in [0.1, 0.15) is 34.7 Å². The second kappa shape index (κ2) is 8.48. The molecule has 0 spiro atoms. The topological polar surface area (TPSA) is 36.4 Å². The van der Waals surface area contributed by atoms with E-state index >= 15 is 0 Å². The van der Waals surface area contributed by atoms with Gasteiger partial charge in [-0.1, -0.05) is 48.5 Å². The summed E-state index contributed by atoms with van der Waals surface area (Å²) in [6, 6.07) is 22.3. The summed E-state index contributed by atoms with van der Waals surface area (Å²) >= 11 is 0. The number of amides is 1. The normalized spacial score (nSPS) is 16.5. The van der Waals surface area contributed by atoms with Crippen molar-refractivity contribution in [3.8, 4) is 11.1 Å². The predicted octanol–water partition coefficient (Wildman–Crippen LogP) is 4.83. The molecule has 148 valence electrons. The standard InChI is InChI=1S/C25H27N3O/c1-27(2)24-17-20(14-15-26-24)21-11-8-16-28(18-21)25(29)23-13-7-6-12-22(23)19-9-4-3-5-10-19/h3-7,9-10,12-15,17,21H,8,11,16,18H2,1-2H3/t21-/m1/s1. The largest absolute Gasteiger partial charge is 0.363 e. The number of hydrogen-bond donors (Lipinski definition) is 0. The Hall–Kier alpha value is -3.14. The van der Waals surface area contributed by atoms with Crippen LogP contribution in [-0.2, 0) is 0 Å². The average Bonchev–Trinajstić information content (AvgIpc) is 2.79. The smallest absolute Gasteiger partial charge is 0.254 e. The van der Waals surface area contributed by atoms with Crippen molar-refractivity contribution in [3.05, 3.63) is 84.1 Å². The molecule has 2 aromatic carbocycles. The molecule has 29 heavy (non-hydrogen) atoms. The highest BCUT2D eigenvalue weighted by atomic mass is 16.2. The number of carbonyl (C=O) groups is 1. The van der Waals surface area contributed by atoms with E-state index in [0.29, 0.717) is 5.92 Å². The summed E-state index contributed by atoms with van der Waals surface area (Å²) in [5.41, 5.74) is 4.12. The zero-order chi connectivity index (χ0) is 20.2. The van der Waals surface area contributed by atoms with E-state index in [0.717, 1.165) is 48.4 Å². The Bertz CT molecular complexity index is 984. The van der Waals surface area contributed by atoms with Crippen LogP contribution in [-0.4, -0.2) is 43.0 Å². The summed E-state index contributed by atoms with van der Waals surface area (Å²) in [5.74, 6) is 1.43. The van der Waals surface area contributed by atoms with Gasteiger partial charge in [0.15, 0.2) is 0 Å². The van der Waals surface area contributed by atoms with E-state index in [9.17, 15) is 4.79 Å². The van der Waals surface area contributed by atoms with Crippen LogP contribution in [0, 0.1) is 0 Å². The molecule has 1 saturated heterocycles. The van der Waals surface area contributed by atoms with Gasteiger partial charge >= 0.3 is 0 Å². The highest BCUT2D eigenvalue weighted by molar-refractivity contribution is 6.01. The van der Waals surface area contributed by atoms with E-state index in [-0.39, 0.29) is 5.91 Å². The highest BCUT2D eigenvalue weighted by Gasteiger charge is 2.27. The molecule has 0 unspecified atom stereocenters. The predicted molar refractivity (Wildman–Crippen MR) is 118 cm³/mol. The first-order valence-electron chi connectivity index (χ1n) is 10.2. The summed E-state index contributed by atoms with van der Waals surface area (Å²) in [5, 5.41) is 0. The Morgan fingerprint density at radius 3 is 2.59 bits per heavy atom. The monoisotopic (exact) mass is 385 g/mol. The number of likely N-dealkylation sites (tertiary alicyclic amines) is 1. The van der Waals surface area contributed by atoms with E-state index in [1.165, 1.54) is 5.56 Å². The molecule has 3 aromatic rings. The van der Waals surface area contributed by atoms with Gasteiger partial charge in [-0.15, -0.1) is 0 Å². The maximum atomic E-state index is 13.5. The zero-order valence-electron chi connectivity index (χ0n) is 17.1. The van der Waals surface area contributed by atoms with E-state index in [4.69, 9.17) is 0 Å². The number of aromatic nitrogens is 1. The lowest BCUT2D eigenvalue weighted by molar-refractivity contribution is 0.0708. The molecule has 0 bridgehead atoms. The summed E-state index contributed by atoms with van der Waals surface area (Å²) < 4.78 is 0. The van der Waals surface area contributed by atoms with Crippen molar-refractivity contribution in [2.24, 2.45) is 0 Å². The Labute approximate surface area is 172 Å². The summed E-state index contributed by atoms with van der Waals surface area (Å²) in [7, 11) is 4.01. The van der Waals surface area contributed by atoms with Gasteiger partial charge in [0.1, 0.15) is 5.82 Å². The van der Waals surface area contributed by atoms with Gasteiger partial charge in [-0.2, -0.15) is 0 Å². The van der Waals surface area contributed by atoms with Crippen molar-refractivity contribution in [3.63, 3.8) is 0 Å². The van der Waals surface area contributed by atoms with Crippen LogP contribution >= 0.6 is 0 Å². The Morgan fingerprint density at radius 2 is 1.79 bits per heavy atom. The summed E-state index contributed by atoms with van der Waals surface area (Å²) in [4.78, 5) is 21.9. The molecule has 0 saturated carbocycles. The lowest BCUT2D eigenvalue weighted by Crippen LogP contribution is -2.39. The second-order valence-corrected chi connectivity index (χ2v) is 7.84. The third-order valence-corrected chi connectivity index (χ3v) is 5.65. The third-order valence-electron chi connectivity index (χ3n) is 5.65. The number of nitrogens with zero attached hydrogens (tertiary/aromatic N) is 3. The molecule has 0 aliphatic carbocycles. The van der Waals surface area contributed by atoms with Crippen LogP contribution < -0.4 is 4.90 Å². The van der Waals surface area contributed by atoms with Crippen molar-refractivity contribution >= 4 is 11.7 Å². The SMILES string of the molecule is CN(C)c1cc([C@@H]2CCCN(C(=O)c3ccccc3-c3ccccc3)C2)ccn1. The minimum Gasteiger partial charge on any atom is -0.363 e. The number of rotatable bonds is 4. The van der Waals surface area contributed by atoms with Crippen LogP contribution in [0.15, 0.2) is 72.9 Å². The molecule has 4 rings (SSSR count). The fraction of sp³-hybridized carbons (Fsp3) is 0.280. The quantitative estimate of drug-likeness (QED) is 0.645. The maximum absolute atomic E-state index is 13.5. The second-order valence-electron chi connectivity index (χ2n) is 7.84. The number of pyridine rings is 1. The molecule has 1 aromatic heterocycles. The van der Waals surface area contributed by atoms with Crippen molar-refractivity contribution in [2.45, 2.75) is 18.8 Å². The van der Waals surface area contributed by atoms with E-state index in [1.54, 1.807) is 0 Å². The molecule has 2 heterocycles. The van der Waals surface area contributed by atoms with Gasteiger partial charge in [0.05, 0.1) is 0 Å². The van der Waals surface area contributed by atoms with Gasteiger partial charge in [-0.25, -0.2) is 4.98 Å². The van der Waals surface area contributed by atoms with E-state index < -0.39 is 0 Å². The number of hydrogen-bond acceptors (Lipinski definition) is 3. The average molecular weight is 386 g/mol. The van der Waals surface area contributed by atoms with Gasteiger partial charge in [0.2, 0.25) is 0 Å². The number of benzene rings is 2. The van der Waals surface area contributed by atoms with Gasteiger partial charge < -0.3 is 9.80 Å². The van der Waals surface area contributed by atoms with Gasteiger partial charge in [-0.05, 0) is 47.7 Å². The molecule has 1 amide bonds. The van der Waals surface area contributed by atoms with Crippen LogP contribution in [0.4, 0.5) is 5.82 Å². The van der Waals surface area contributed by atoms with E-state index in [2.05, 4.69) is 29.2 Å². The minimum atomic E-state index is 0.121. The van der Waals surface area contributed by atoms with Gasteiger partial charge in [0.25, 0.3) is 5.91 Å². The van der Waals surface area contributed by atoms with Crippen LogP contribution in [0.3, 0.4) is 0 Å². The van der Waals surface area contributed by atoms with Crippen LogP contribution in [0.2, 0.25) is 0 Å². The first-order chi connectivity index (χ1) is 14.1. The molecular weight excluding hydrogens is 358 g/mol. The number of piperidine rings is 1. The molecule has 0 N–H and O–H groups in total. The molecule has 1 fully saturated rings. The van der Waals surface area contributed by atoms with Crippen LogP contribution in [0.25, 0.3) is 11.1 Å². The zero-order valence-corrected chi connectivity index (χ0v) is 17.1. The van der Waals surface area contributed by atoms with E-state index in [1.807, 2.05) is 72.6 Å². The number of carbonyl (C=O) groups excluding carboxylic acids is 1. The first-order valence-corrected chi connectivity index (χ1v) is 10.2. The van der Waals surface area contributed by atoms with Crippen molar-refractivity contribution < 1.29 is 4.79 Å². The Balaban J connectivity index is 1.58. The fourth-order valence-electron chi connectivity index (χ4n) is 4.08. The van der Waals surface area contributed by atoms with Crippen molar-refractivity contribution in [1.29, 1.82) is 0 Å². The van der Waals surface area contributed by atoms with Crippen LogP contribution in [0.5, 0.6) is 0 Å². The Kier molecular flexibility index (Phi) is 5.61. The lowest BCUT2D eigenvalue weighted by Gasteiger charge is -2.33. The Morgan fingerprint density at radius 1 is 1.03 bits per heavy atom. The molecule has 1 aliphatic heterocycles.